The molecule has 110 valence electrons. The van der Waals surface area contributed by atoms with Gasteiger partial charge in [-0.3, -0.25) is 4.79 Å². The van der Waals surface area contributed by atoms with Crippen LogP contribution < -0.4 is 4.74 Å². The quantitative estimate of drug-likeness (QED) is 0.811. The Bertz CT molecular complexity index is 613. The van der Waals surface area contributed by atoms with Crippen molar-refractivity contribution in [2.75, 3.05) is 6.61 Å². The number of ether oxygens (including phenoxy) is 2. The van der Waals surface area contributed by atoms with Gasteiger partial charge in [-0.1, -0.05) is 0 Å². The van der Waals surface area contributed by atoms with Crippen LogP contribution in [-0.4, -0.2) is 28.2 Å². The van der Waals surface area contributed by atoms with Gasteiger partial charge in [0.1, 0.15) is 11.4 Å². The van der Waals surface area contributed by atoms with Crippen LogP contribution in [0.25, 0.3) is 0 Å². The van der Waals surface area contributed by atoms with Crippen LogP contribution in [0.3, 0.4) is 0 Å². The Morgan fingerprint density at radius 1 is 1.33 bits per heavy atom. The summed E-state index contributed by atoms with van der Waals surface area (Å²) < 4.78 is 13.0. The number of imidazole rings is 1. The lowest BCUT2D eigenvalue weighted by molar-refractivity contribution is -0.105. The Hall–Kier alpha value is -2.14. The summed E-state index contributed by atoms with van der Waals surface area (Å²) in [5.74, 6) is 0.680. The van der Waals surface area contributed by atoms with Gasteiger partial charge in [-0.05, 0) is 37.1 Å². The molecule has 21 heavy (non-hydrogen) atoms. The summed E-state index contributed by atoms with van der Waals surface area (Å²) in [5, 5.41) is 0. The van der Waals surface area contributed by atoms with E-state index in [1.54, 1.807) is 36.3 Å². The molecule has 0 N–H and O–H groups in total. The molecular formula is C16H18N2O3. The van der Waals surface area contributed by atoms with Crippen molar-refractivity contribution in [3.63, 3.8) is 0 Å². The number of hydrogen-bond donors (Lipinski definition) is 0. The minimum absolute atomic E-state index is 0.0459. The number of carbonyl (C=O) groups is 1. The SMILES string of the molecule is Cn1cncc1C(=O)c1ccc(OC2CCCCO2)cc1. The van der Waals surface area contributed by atoms with E-state index in [2.05, 4.69) is 4.98 Å². The van der Waals surface area contributed by atoms with Gasteiger partial charge in [0.05, 0.1) is 19.1 Å². The number of hydrogen-bond acceptors (Lipinski definition) is 4. The molecule has 0 saturated carbocycles. The number of carbonyl (C=O) groups excluding carboxylic acids is 1. The average molecular weight is 286 g/mol. The zero-order valence-electron chi connectivity index (χ0n) is 12.0. The third kappa shape index (κ3) is 3.13. The van der Waals surface area contributed by atoms with Crippen molar-refractivity contribution in [1.29, 1.82) is 0 Å². The summed E-state index contributed by atoms with van der Waals surface area (Å²) in [4.78, 5) is 16.3. The number of rotatable bonds is 4. The van der Waals surface area contributed by atoms with Crippen molar-refractivity contribution < 1.29 is 14.3 Å². The average Bonchev–Trinajstić information content (AvgIpc) is 2.94. The largest absolute Gasteiger partial charge is 0.465 e. The lowest BCUT2D eigenvalue weighted by atomic mass is 10.1. The molecule has 0 radical (unpaired) electrons. The monoisotopic (exact) mass is 286 g/mol. The van der Waals surface area contributed by atoms with E-state index in [1.807, 2.05) is 12.1 Å². The maximum atomic E-state index is 12.3. The topological polar surface area (TPSA) is 53.4 Å². The maximum absolute atomic E-state index is 12.3. The molecule has 1 atom stereocenters. The molecule has 1 aromatic carbocycles. The van der Waals surface area contributed by atoms with Gasteiger partial charge in [0.15, 0.2) is 6.29 Å². The van der Waals surface area contributed by atoms with Crippen molar-refractivity contribution in [3.05, 3.63) is 48.0 Å². The van der Waals surface area contributed by atoms with Crippen molar-refractivity contribution in [2.45, 2.75) is 25.6 Å². The fourth-order valence-corrected chi connectivity index (χ4v) is 2.36. The van der Waals surface area contributed by atoms with Gasteiger partial charge in [0.25, 0.3) is 0 Å². The molecule has 1 aromatic heterocycles. The summed E-state index contributed by atoms with van der Waals surface area (Å²) in [6.07, 6.45) is 6.15. The first-order valence-electron chi connectivity index (χ1n) is 7.13. The van der Waals surface area contributed by atoms with E-state index in [1.165, 1.54) is 0 Å². The lowest BCUT2D eigenvalue weighted by Crippen LogP contribution is -2.24. The third-order valence-electron chi connectivity index (χ3n) is 3.57. The molecule has 2 heterocycles. The standard InChI is InChI=1S/C16H18N2O3/c1-18-11-17-10-14(18)16(19)12-5-7-13(8-6-12)21-15-4-2-3-9-20-15/h5-8,10-11,15H,2-4,9H2,1H3. The fourth-order valence-electron chi connectivity index (χ4n) is 2.36. The smallest absolute Gasteiger partial charge is 0.211 e. The fraction of sp³-hybridized carbons (Fsp3) is 0.375. The summed E-state index contributed by atoms with van der Waals surface area (Å²) in [6.45, 7) is 0.752. The predicted octanol–water partition coefficient (Wildman–Crippen LogP) is 2.56. The first-order valence-corrected chi connectivity index (χ1v) is 7.13. The Labute approximate surface area is 123 Å². The third-order valence-corrected chi connectivity index (χ3v) is 3.57. The lowest BCUT2D eigenvalue weighted by Gasteiger charge is -2.23. The molecule has 0 aliphatic carbocycles. The molecule has 0 bridgehead atoms. The molecule has 1 saturated heterocycles. The minimum Gasteiger partial charge on any atom is -0.465 e. The van der Waals surface area contributed by atoms with Crippen LogP contribution in [0.1, 0.15) is 35.3 Å². The van der Waals surface area contributed by atoms with E-state index in [9.17, 15) is 4.79 Å². The summed E-state index contributed by atoms with van der Waals surface area (Å²) in [6, 6.07) is 7.16. The van der Waals surface area contributed by atoms with Crippen LogP contribution >= 0.6 is 0 Å². The van der Waals surface area contributed by atoms with Crippen molar-refractivity contribution in [1.82, 2.24) is 9.55 Å². The molecule has 2 aromatic rings. The predicted molar refractivity (Wildman–Crippen MR) is 77.3 cm³/mol. The molecule has 1 unspecified atom stereocenters. The highest BCUT2D eigenvalue weighted by Gasteiger charge is 2.16. The van der Waals surface area contributed by atoms with Gasteiger partial charge in [-0.25, -0.2) is 4.98 Å². The van der Waals surface area contributed by atoms with E-state index in [0.717, 1.165) is 31.6 Å². The van der Waals surface area contributed by atoms with Gasteiger partial charge in [0.2, 0.25) is 5.78 Å². The van der Waals surface area contributed by atoms with Crippen molar-refractivity contribution >= 4 is 5.78 Å². The minimum atomic E-state index is -0.169. The van der Waals surface area contributed by atoms with Gasteiger partial charge in [-0.2, -0.15) is 0 Å². The Kier molecular flexibility index (Phi) is 4.01. The molecule has 0 spiro atoms. The summed E-state index contributed by atoms with van der Waals surface area (Å²) in [5.41, 5.74) is 1.19. The second-order valence-electron chi connectivity index (χ2n) is 5.16. The van der Waals surface area contributed by atoms with E-state index < -0.39 is 0 Å². The van der Waals surface area contributed by atoms with E-state index in [4.69, 9.17) is 9.47 Å². The number of ketones is 1. The van der Waals surface area contributed by atoms with Gasteiger partial charge in [0, 0.05) is 19.0 Å². The zero-order chi connectivity index (χ0) is 14.7. The Balaban J connectivity index is 1.69. The van der Waals surface area contributed by atoms with Gasteiger partial charge < -0.3 is 14.0 Å². The van der Waals surface area contributed by atoms with Gasteiger partial charge in [-0.15, -0.1) is 0 Å². The van der Waals surface area contributed by atoms with Gasteiger partial charge >= 0.3 is 0 Å². The molecule has 5 nitrogen and oxygen atoms in total. The first-order chi connectivity index (χ1) is 10.2. The number of benzene rings is 1. The van der Waals surface area contributed by atoms with E-state index in [0.29, 0.717) is 11.3 Å². The van der Waals surface area contributed by atoms with E-state index >= 15 is 0 Å². The second kappa shape index (κ2) is 6.10. The van der Waals surface area contributed by atoms with Crippen LogP contribution in [0, 0.1) is 0 Å². The van der Waals surface area contributed by atoms with E-state index in [-0.39, 0.29) is 12.1 Å². The molecule has 1 aliphatic rings. The van der Waals surface area contributed by atoms with Crippen LogP contribution in [0.5, 0.6) is 5.75 Å². The normalized spacial score (nSPS) is 18.4. The zero-order valence-corrected chi connectivity index (χ0v) is 12.0. The Morgan fingerprint density at radius 3 is 2.76 bits per heavy atom. The summed E-state index contributed by atoms with van der Waals surface area (Å²) in [7, 11) is 1.80. The highest BCUT2D eigenvalue weighted by atomic mass is 16.7. The number of aryl methyl sites for hydroxylation is 1. The maximum Gasteiger partial charge on any atom is 0.211 e. The highest BCUT2D eigenvalue weighted by Crippen LogP contribution is 2.20. The van der Waals surface area contributed by atoms with Crippen LogP contribution in [0.15, 0.2) is 36.8 Å². The molecule has 3 rings (SSSR count). The molecule has 0 amide bonds. The highest BCUT2D eigenvalue weighted by molar-refractivity contribution is 6.07. The molecule has 1 aliphatic heterocycles. The van der Waals surface area contributed by atoms with Crippen LogP contribution in [0.2, 0.25) is 0 Å². The molecular weight excluding hydrogens is 268 g/mol. The van der Waals surface area contributed by atoms with Crippen molar-refractivity contribution in [2.24, 2.45) is 7.05 Å². The number of nitrogens with zero attached hydrogens (tertiary/aromatic N) is 2. The second-order valence-corrected chi connectivity index (χ2v) is 5.16. The van der Waals surface area contributed by atoms with Crippen LogP contribution in [0.4, 0.5) is 0 Å². The molecule has 1 fully saturated rings. The Morgan fingerprint density at radius 2 is 2.14 bits per heavy atom. The molecule has 5 heteroatoms. The van der Waals surface area contributed by atoms with Crippen molar-refractivity contribution in [3.8, 4) is 5.75 Å². The van der Waals surface area contributed by atoms with Crippen LogP contribution in [-0.2, 0) is 11.8 Å². The number of aromatic nitrogens is 2. The summed E-state index contributed by atoms with van der Waals surface area (Å²) >= 11 is 0. The first kappa shape index (κ1) is 13.8.